The number of hydrogen-bond donors (Lipinski definition) is 3. The van der Waals surface area contributed by atoms with E-state index in [0.29, 0.717) is 32.2 Å². The molecule has 0 unspecified atom stereocenters. The van der Waals surface area contributed by atoms with Gasteiger partial charge in [0.15, 0.2) is 0 Å². The molecule has 9 heteroatoms. The van der Waals surface area contributed by atoms with Crippen molar-refractivity contribution in [2.75, 3.05) is 6.54 Å². The minimum absolute atomic E-state index is 0.128. The van der Waals surface area contributed by atoms with Gasteiger partial charge in [0, 0.05) is 6.54 Å². The van der Waals surface area contributed by atoms with E-state index in [1.165, 1.54) is 4.90 Å². The number of nitrogens with one attached hydrogen (secondary N) is 2. The van der Waals surface area contributed by atoms with Crippen LogP contribution in [0.1, 0.15) is 74.1 Å². The van der Waals surface area contributed by atoms with Crippen LogP contribution in [0.15, 0.2) is 0 Å². The van der Waals surface area contributed by atoms with E-state index in [2.05, 4.69) is 10.6 Å². The minimum Gasteiger partial charge on any atom is -0.444 e. The second-order valence-corrected chi connectivity index (χ2v) is 10.1. The van der Waals surface area contributed by atoms with Crippen LogP contribution in [0.4, 0.5) is 4.79 Å². The van der Waals surface area contributed by atoms with Crippen molar-refractivity contribution in [1.29, 1.82) is 0 Å². The molecule has 1 saturated heterocycles. The van der Waals surface area contributed by atoms with E-state index >= 15 is 0 Å². The maximum Gasteiger partial charge on any atom is 0.408 e. The Labute approximate surface area is 185 Å². The van der Waals surface area contributed by atoms with Gasteiger partial charge in [-0.1, -0.05) is 27.7 Å². The van der Waals surface area contributed by atoms with Crippen LogP contribution in [-0.2, 0) is 19.1 Å². The normalized spacial score (nSPS) is 18.6. The number of ether oxygens (including phenoxy) is 1. The van der Waals surface area contributed by atoms with Crippen molar-refractivity contribution >= 4 is 23.8 Å². The average molecular weight is 441 g/mol. The van der Waals surface area contributed by atoms with Crippen molar-refractivity contribution in [2.24, 2.45) is 17.6 Å². The first kappa shape index (κ1) is 26.7. The maximum atomic E-state index is 13.2. The van der Waals surface area contributed by atoms with Crippen molar-refractivity contribution in [1.82, 2.24) is 15.5 Å². The first-order valence-electron chi connectivity index (χ1n) is 11.1. The molecule has 1 aliphatic heterocycles. The number of carbonyl (C=O) groups is 4. The molecule has 0 saturated carbocycles. The standard InChI is InChI=1S/C22H40N4O5/c1-13(2)11-15(25-21(30)31-22(5,6)7)19(28)24-16(12-14(3)4)20(29)26-10-8-9-17(26)18(23)27/h13-17H,8-12H2,1-7H3,(H2,23,27)(H,24,28)(H,25,30)/t15-,16-,17+/m0/s1. The Hall–Kier alpha value is -2.32. The lowest BCUT2D eigenvalue weighted by Gasteiger charge is -2.30. The van der Waals surface area contributed by atoms with E-state index in [0.717, 1.165) is 0 Å². The molecule has 0 aromatic heterocycles. The Morgan fingerprint density at radius 2 is 1.55 bits per heavy atom. The molecule has 9 nitrogen and oxygen atoms in total. The van der Waals surface area contributed by atoms with E-state index in [-0.39, 0.29) is 17.7 Å². The van der Waals surface area contributed by atoms with E-state index in [9.17, 15) is 19.2 Å². The SMILES string of the molecule is CC(C)C[C@H](NC(=O)OC(C)(C)C)C(=O)N[C@@H](CC(C)C)C(=O)N1CCC[C@@H]1C(N)=O. The van der Waals surface area contributed by atoms with Gasteiger partial charge in [0.1, 0.15) is 23.7 Å². The molecule has 0 bridgehead atoms. The summed E-state index contributed by atoms with van der Waals surface area (Å²) < 4.78 is 5.28. The van der Waals surface area contributed by atoms with Crippen LogP contribution in [0.3, 0.4) is 0 Å². The molecule has 0 spiro atoms. The number of nitrogens with zero attached hydrogens (tertiary/aromatic N) is 1. The van der Waals surface area contributed by atoms with E-state index in [4.69, 9.17) is 10.5 Å². The number of hydrogen-bond acceptors (Lipinski definition) is 5. The molecule has 31 heavy (non-hydrogen) atoms. The largest absolute Gasteiger partial charge is 0.444 e. The fourth-order valence-corrected chi connectivity index (χ4v) is 3.64. The van der Waals surface area contributed by atoms with Gasteiger partial charge < -0.3 is 26.0 Å². The van der Waals surface area contributed by atoms with Gasteiger partial charge in [-0.2, -0.15) is 0 Å². The topological polar surface area (TPSA) is 131 Å². The summed E-state index contributed by atoms with van der Waals surface area (Å²) in [7, 11) is 0. The first-order valence-corrected chi connectivity index (χ1v) is 11.1. The predicted molar refractivity (Wildman–Crippen MR) is 118 cm³/mol. The zero-order valence-electron chi connectivity index (χ0n) is 20.0. The van der Waals surface area contributed by atoms with Crippen LogP contribution in [-0.4, -0.2) is 59.0 Å². The Morgan fingerprint density at radius 3 is 2.03 bits per heavy atom. The molecule has 1 fully saturated rings. The molecule has 1 heterocycles. The highest BCUT2D eigenvalue weighted by atomic mass is 16.6. The third-order valence-corrected chi connectivity index (χ3v) is 4.90. The summed E-state index contributed by atoms with van der Waals surface area (Å²) >= 11 is 0. The molecule has 4 N–H and O–H groups in total. The Kier molecular flexibility index (Phi) is 9.77. The molecule has 0 radical (unpaired) electrons. The lowest BCUT2D eigenvalue weighted by atomic mass is 9.99. The number of primary amides is 1. The Morgan fingerprint density at radius 1 is 1.00 bits per heavy atom. The maximum absolute atomic E-state index is 13.2. The molecule has 0 aliphatic carbocycles. The zero-order valence-corrected chi connectivity index (χ0v) is 20.0. The summed E-state index contributed by atoms with van der Waals surface area (Å²) in [4.78, 5) is 51.7. The highest BCUT2D eigenvalue weighted by molar-refractivity contribution is 5.93. The summed E-state index contributed by atoms with van der Waals surface area (Å²) in [6.07, 6.45) is 1.33. The van der Waals surface area contributed by atoms with Gasteiger partial charge in [-0.25, -0.2) is 4.79 Å². The Balaban J connectivity index is 2.98. The molecule has 178 valence electrons. The first-order chi connectivity index (χ1) is 14.2. The number of amides is 4. The van der Waals surface area contributed by atoms with Gasteiger partial charge >= 0.3 is 6.09 Å². The number of carbonyl (C=O) groups excluding carboxylic acids is 4. The van der Waals surface area contributed by atoms with Gasteiger partial charge in [0.2, 0.25) is 17.7 Å². The summed E-state index contributed by atoms with van der Waals surface area (Å²) in [5.74, 6) is -1.05. The number of alkyl carbamates (subject to hydrolysis) is 1. The smallest absolute Gasteiger partial charge is 0.408 e. The average Bonchev–Trinajstić information content (AvgIpc) is 3.07. The van der Waals surface area contributed by atoms with E-state index in [1.807, 2.05) is 27.7 Å². The zero-order chi connectivity index (χ0) is 23.9. The highest BCUT2D eigenvalue weighted by Gasteiger charge is 2.37. The van der Waals surface area contributed by atoms with Gasteiger partial charge in [0.05, 0.1) is 0 Å². The van der Waals surface area contributed by atoms with Gasteiger partial charge in [-0.15, -0.1) is 0 Å². The second kappa shape index (κ2) is 11.3. The van der Waals surface area contributed by atoms with Crippen LogP contribution in [0.2, 0.25) is 0 Å². The highest BCUT2D eigenvalue weighted by Crippen LogP contribution is 2.20. The van der Waals surface area contributed by atoms with E-state index in [1.54, 1.807) is 20.8 Å². The van der Waals surface area contributed by atoms with Crippen molar-refractivity contribution in [2.45, 2.75) is 97.9 Å². The van der Waals surface area contributed by atoms with E-state index < -0.39 is 41.6 Å². The third-order valence-electron chi connectivity index (χ3n) is 4.90. The van der Waals surface area contributed by atoms with Crippen LogP contribution >= 0.6 is 0 Å². The fourth-order valence-electron chi connectivity index (χ4n) is 3.64. The summed E-state index contributed by atoms with van der Waals surface area (Å²) in [6, 6.07) is -2.30. The van der Waals surface area contributed by atoms with Gasteiger partial charge in [0.25, 0.3) is 0 Å². The second-order valence-electron chi connectivity index (χ2n) is 10.1. The van der Waals surface area contributed by atoms with Gasteiger partial charge in [-0.05, 0) is 58.3 Å². The van der Waals surface area contributed by atoms with Gasteiger partial charge in [-0.3, -0.25) is 14.4 Å². The van der Waals surface area contributed by atoms with Crippen molar-refractivity contribution in [3.8, 4) is 0 Å². The van der Waals surface area contributed by atoms with Crippen LogP contribution in [0, 0.1) is 11.8 Å². The minimum atomic E-state index is -0.845. The fraction of sp³-hybridized carbons (Fsp3) is 0.818. The monoisotopic (exact) mass is 440 g/mol. The number of rotatable bonds is 9. The van der Waals surface area contributed by atoms with Crippen molar-refractivity contribution in [3.05, 3.63) is 0 Å². The molecule has 0 aromatic rings. The molecule has 0 aromatic carbocycles. The predicted octanol–water partition coefficient (Wildman–Crippen LogP) is 1.93. The van der Waals surface area contributed by atoms with Crippen LogP contribution in [0.25, 0.3) is 0 Å². The lowest BCUT2D eigenvalue weighted by molar-refractivity contribution is -0.141. The summed E-state index contributed by atoms with van der Waals surface area (Å²) in [6.45, 7) is 13.4. The number of nitrogens with two attached hydrogens (primary N) is 1. The molecule has 4 amide bonds. The molecule has 3 atom stereocenters. The summed E-state index contributed by atoms with van der Waals surface area (Å²) in [5, 5.41) is 5.43. The molecular formula is C22H40N4O5. The Bertz CT molecular complexity index is 657. The van der Waals surface area contributed by atoms with Crippen molar-refractivity contribution in [3.63, 3.8) is 0 Å². The summed E-state index contributed by atoms with van der Waals surface area (Å²) in [5.41, 5.74) is 4.76. The van der Waals surface area contributed by atoms with Crippen LogP contribution in [0.5, 0.6) is 0 Å². The number of likely N-dealkylation sites (tertiary alicyclic amines) is 1. The quantitative estimate of drug-likeness (QED) is 0.504. The third kappa shape index (κ3) is 9.14. The molecular weight excluding hydrogens is 400 g/mol. The molecule has 1 rings (SSSR count). The lowest BCUT2D eigenvalue weighted by Crippen LogP contribution is -2.57. The van der Waals surface area contributed by atoms with Crippen LogP contribution < -0.4 is 16.4 Å². The van der Waals surface area contributed by atoms with Crippen molar-refractivity contribution < 1.29 is 23.9 Å². The molecule has 1 aliphatic rings.